The zero-order chi connectivity index (χ0) is 17.8. The molecule has 0 aliphatic rings. The third-order valence-corrected chi connectivity index (χ3v) is 7.94. The van der Waals surface area contributed by atoms with E-state index in [4.69, 9.17) is 5.11 Å². The Labute approximate surface area is 157 Å². The zero-order valence-electron chi connectivity index (χ0n) is 11.4. The molecule has 0 aliphatic carbocycles. The van der Waals surface area contributed by atoms with E-state index in [9.17, 15) is 23.1 Å². The minimum absolute atomic E-state index is 0.0605. The summed E-state index contributed by atoms with van der Waals surface area (Å²) < 4.78 is 22.9. The topological polar surface area (TPSA) is 121 Å². The fraction of sp³-hybridized carbons (Fsp3) is 0.333. The number of carboxylic acid groups (broad SMARTS) is 1. The van der Waals surface area contributed by atoms with Crippen LogP contribution in [0.1, 0.15) is 16.8 Å². The fourth-order valence-electron chi connectivity index (χ4n) is 1.52. The summed E-state index contributed by atoms with van der Waals surface area (Å²) in [6, 6.07) is 5.29. The Balaban J connectivity index is 2.89. The summed E-state index contributed by atoms with van der Waals surface area (Å²) in [5.74, 6) is -1.82. The number of carboxylic acids is 1. The number of sulfone groups is 1. The van der Waals surface area contributed by atoms with E-state index in [0.717, 1.165) is 0 Å². The van der Waals surface area contributed by atoms with Crippen LogP contribution in [-0.4, -0.2) is 44.6 Å². The largest absolute Gasteiger partial charge is 0.481 e. The minimum Gasteiger partial charge on any atom is -0.481 e. The number of carbonyl (C=O) groups is 2. The molecule has 128 valence electrons. The molecule has 0 saturated carbocycles. The summed E-state index contributed by atoms with van der Waals surface area (Å²) in [6.45, 7) is -0.263. The molecule has 1 aromatic carbocycles. The first-order valence-electron chi connectivity index (χ1n) is 6.04. The van der Waals surface area contributed by atoms with Crippen molar-refractivity contribution in [2.24, 2.45) is 0 Å². The van der Waals surface area contributed by atoms with Crippen LogP contribution in [0.5, 0.6) is 0 Å². The standard InChI is InChI=1S/C12H12Br3NO6S/c13-12(14,15)23(21,22)9-3-1-2-7(4-9)11(20)16-6-8(17)5-10(18)19/h1-4,8,17H,5-6H2,(H,16,20)(H,18,19). The van der Waals surface area contributed by atoms with Gasteiger partial charge in [-0.3, -0.25) is 9.59 Å². The van der Waals surface area contributed by atoms with E-state index >= 15 is 0 Å². The van der Waals surface area contributed by atoms with Gasteiger partial charge in [0.2, 0.25) is 11.3 Å². The molecule has 1 rings (SSSR count). The number of carbonyl (C=O) groups excluding carboxylic acids is 1. The highest BCUT2D eigenvalue weighted by atomic mass is 80.0. The van der Waals surface area contributed by atoms with E-state index in [1.807, 2.05) is 0 Å². The number of aliphatic carboxylic acids is 1. The lowest BCUT2D eigenvalue weighted by atomic mass is 10.2. The van der Waals surface area contributed by atoms with Crippen LogP contribution in [0, 0.1) is 0 Å². The van der Waals surface area contributed by atoms with Gasteiger partial charge in [-0.15, -0.1) is 0 Å². The first-order valence-corrected chi connectivity index (χ1v) is 9.91. The summed E-state index contributed by atoms with van der Waals surface area (Å²) in [7, 11) is -3.84. The van der Waals surface area contributed by atoms with Gasteiger partial charge in [0.05, 0.1) is 17.4 Å². The van der Waals surface area contributed by atoms with Crippen molar-refractivity contribution in [2.45, 2.75) is 18.9 Å². The molecule has 0 fully saturated rings. The molecule has 0 aliphatic heterocycles. The highest BCUT2D eigenvalue weighted by molar-refractivity contribution is 9.42. The molecule has 1 atom stereocenters. The summed E-state index contributed by atoms with van der Waals surface area (Å²) in [5.41, 5.74) is 0.0605. The van der Waals surface area contributed by atoms with Gasteiger partial charge in [0.1, 0.15) is 0 Å². The van der Waals surface area contributed by atoms with Gasteiger partial charge in [0.15, 0.2) is 0 Å². The first-order chi connectivity index (χ1) is 10.4. The van der Waals surface area contributed by atoms with Gasteiger partial charge in [-0.2, -0.15) is 0 Å². The van der Waals surface area contributed by atoms with Gasteiger partial charge in [0.25, 0.3) is 5.91 Å². The van der Waals surface area contributed by atoms with Gasteiger partial charge in [-0.25, -0.2) is 8.42 Å². The summed E-state index contributed by atoms with van der Waals surface area (Å²) in [4.78, 5) is 22.3. The molecular formula is C12H12Br3NO6S. The Bertz CT molecular complexity index is 701. The number of amides is 1. The quantitative estimate of drug-likeness (QED) is 0.476. The zero-order valence-corrected chi connectivity index (χ0v) is 16.9. The number of hydrogen-bond acceptors (Lipinski definition) is 5. The maximum Gasteiger partial charge on any atom is 0.306 e. The molecule has 0 radical (unpaired) electrons. The minimum atomic E-state index is -3.84. The lowest BCUT2D eigenvalue weighted by Crippen LogP contribution is -2.33. The molecule has 11 heteroatoms. The molecule has 0 aromatic heterocycles. The summed E-state index contributed by atoms with van der Waals surface area (Å²) in [6.07, 6.45) is -1.74. The SMILES string of the molecule is O=C(O)CC(O)CNC(=O)c1cccc(S(=O)(=O)C(Br)(Br)Br)c1. The van der Waals surface area contributed by atoms with Crippen LogP contribution in [0.25, 0.3) is 0 Å². The van der Waals surface area contributed by atoms with E-state index in [1.54, 1.807) is 0 Å². The maximum absolute atomic E-state index is 12.2. The second-order valence-electron chi connectivity index (χ2n) is 4.44. The number of alkyl halides is 3. The van der Waals surface area contributed by atoms with E-state index in [0.29, 0.717) is 0 Å². The van der Waals surface area contributed by atoms with Crippen molar-refractivity contribution >= 4 is 69.5 Å². The molecule has 7 nitrogen and oxygen atoms in total. The summed E-state index contributed by atoms with van der Waals surface area (Å²) in [5, 5.41) is 20.3. The Morgan fingerprint density at radius 2 is 1.87 bits per heavy atom. The molecule has 0 bridgehead atoms. The van der Waals surface area contributed by atoms with Crippen molar-refractivity contribution in [3.8, 4) is 0 Å². The van der Waals surface area contributed by atoms with Crippen LogP contribution in [0.4, 0.5) is 0 Å². The van der Waals surface area contributed by atoms with Gasteiger partial charge >= 0.3 is 5.97 Å². The Morgan fingerprint density at radius 3 is 2.39 bits per heavy atom. The Morgan fingerprint density at radius 1 is 1.26 bits per heavy atom. The van der Waals surface area contributed by atoms with Gasteiger partial charge < -0.3 is 15.5 Å². The van der Waals surface area contributed by atoms with Crippen LogP contribution in [0.3, 0.4) is 0 Å². The summed E-state index contributed by atoms with van der Waals surface area (Å²) >= 11 is 8.78. The monoisotopic (exact) mass is 535 g/mol. The van der Waals surface area contributed by atoms with Gasteiger partial charge in [0, 0.05) is 12.1 Å². The lowest BCUT2D eigenvalue weighted by Gasteiger charge is -2.14. The third kappa shape index (κ3) is 5.82. The number of rotatable bonds is 6. The smallest absolute Gasteiger partial charge is 0.306 e. The predicted molar refractivity (Wildman–Crippen MR) is 93.7 cm³/mol. The van der Waals surface area contributed by atoms with E-state index in [-0.39, 0.29) is 17.0 Å². The number of benzene rings is 1. The fourth-order valence-corrected chi connectivity index (χ4v) is 4.01. The van der Waals surface area contributed by atoms with Crippen molar-refractivity contribution in [3.05, 3.63) is 29.8 Å². The Kier molecular flexibility index (Phi) is 7.20. The van der Waals surface area contributed by atoms with E-state index in [1.165, 1.54) is 24.3 Å². The molecule has 3 N–H and O–H groups in total. The van der Waals surface area contributed by atoms with Crippen molar-refractivity contribution in [3.63, 3.8) is 0 Å². The van der Waals surface area contributed by atoms with E-state index < -0.39 is 35.7 Å². The third-order valence-electron chi connectivity index (χ3n) is 2.62. The van der Waals surface area contributed by atoms with Gasteiger partial charge in [-0.1, -0.05) is 6.07 Å². The van der Waals surface area contributed by atoms with Crippen LogP contribution in [-0.2, 0) is 14.6 Å². The number of nitrogens with one attached hydrogen (secondary N) is 1. The van der Waals surface area contributed by atoms with Crippen molar-refractivity contribution in [1.29, 1.82) is 0 Å². The molecule has 1 amide bonds. The molecule has 1 unspecified atom stereocenters. The van der Waals surface area contributed by atoms with Crippen molar-refractivity contribution in [2.75, 3.05) is 6.54 Å². The Hall–Kier alpha value is -0.490. The van der Waals surface area contributed by atoms with Crippen LogP contribution in [0.15, 0.2) is 29.2 Å². The highest BCUT2D eigenvalue weighted by Crippen LogP contribution is 2.43. The molecule has 0 saturated heterocycles. The number of aliphatic hydroxyl groups is 1. The lowest BCUT2D eigenvalue weighted by molar-refractivity contribution is -0.139. The van der Waals surface area contributed by atoms with Gasteiger partial charge in [-0.05, 0) is 66.0 Å². The molecule has 1 aromatic rings. The predicted octanol–water partition coefficient (Wildman–Crippen LogP) is 1.82. The van der Waals surface area contributed by atoms with Crippen LogP contribution >= 0.6 is 47.8 Å². The number of aliphatic hydroxyl groups excluding tert-OH is 1. The second kappa shape index (κ2) is 8.06. The van der Waals surface area contributed by atoms with Crippen LogP contribution < -0.4 is 5.32 Å². The van der Waals surface area contributed by atoms with Crippen molar-refractivity contribution in [1.82, 2.24) is 5.32 Å². The van der Waals surface area contributed by atoms with Crippen LogP contribution in [0.2, 0.25) is 0 Å². The molecule has 0 spiro atoms. The molecular weight excluding hydrogens is 526 g/mol. The first kappa shape index (κ1) is 20.6. The number of hydrogen-bond donors (Lipinski definition) is 3. The second-order valence-corrected chi connectivity index (χ2v) is 14.9. The molecule has 23 heavy (non-hydrogen) atoms. The molecule has 0 heterocycles. The van der Waals surface area contributed by atoms with Crippen molar-refractivity contribution < 1.29 is 28.2 Å². The number of halogens is 3. The normalized spacial score (nSPS) is 13.4. The maximum atomic E-state index is 12.2. The van der Waals surface area contributed by atoms with E-state index in [2.05, 4.69) is 53.1 Å². The average molecular weight is 538 g/mol. The highest BCUT2D eigenvalue weighted by Gasteiger charge is 2.37. The average Bonchev–Trinajstić information content (AvgIpc) is 2.43.